The summed E-state index contributed by atoms with van der Waals surface area (Å²) in [6.07, 6.45) is 0. The fraction of sp³-hybridized carbons (Fsp3) is 0.500. The Morgan fingerprint density at radius 2 is 1.47 bits per heavy atom. The van der Waals surface area contributed by atoms with Gasteiger partial charge in [0.15, 0.2) is 0 Å². The van der Waals surface area contributed by atoms with Gasteiger partial charge in [-0.2, -0.15) is 0 Å². The van der Waals surface area contributed by atoms with Crippen LogP contribution in [0.1, 0.15) is 0 Å². The lowest BCUT2D eigenvalue weighted by atomic mass is 10.4. The van der Waals surface area contributed by atoms with E-state index >= 15 is 0 Å². The minimum atomic E-state index is -1.06. The zero-order valence-electron chi connectivity index (χ0n) is 9.14. The number of hydrogen-bond donors (Lipinski definition) is 4. The lowest BCUT2D eigenvalue weighted by molar-refractivity contribution is -0.147. The van der Waals surface area contributed by atoms with E-state index in [0.29, 0.717) is 4.90 Å². The highest BCUT2D eigenvalue weighted by molar-refractivity contribution is 6.35. The Kier molecular flexibility index (Phi) is 6.26. The van der Waals surface area contributed by atoms with E-state index in [0.717, 1.165) is 0 Å². The normalized spacial score (nSPS) is 9.47. The summed E-state index contributed by atoms with van der Waals surface area (Å²) in [5.41, 5.74) is 14.9. The molecule has 9 nitrogen and oxygen atoms in total. The second kappa shape index (κ2) is 7.17. The van der Waals surface area contributed by atoms with Crippen LogP contribution in [0.3, 0.4) is 0 Å². The quantitative estimate of drug-likeness (QED) is 0.349. The van der Waals surface area contributed by atoms with E-state index in [9.17, 15) is 19.2 Å². The van der Waals surface area contributed by atoms with Crippen molar-refractivity contribution in [2.24, 2.45) is 17.2 Å². The molecule has 0 atom stereocenters. The van der Waals surface area contributed by atoms with Crippen molar-refractivity contribution in [3.63, 3.8) is 0 Å². The standard InChI is InChI=1S/C8H15N5O4/c9-1-2-12-7(16)8(17)13(3-5(10)14)4-6(11)15/h1-4,9H2,(H2,10,14)(H2,11,15)(H,12,16). The molecule has 7 N–H and O–H groups in total. The van der Waals surface area contributed by atoms with Crippen molar-refractivity contribution in [2.75, 3.05) is 26.2 Å². The summed E-state index contributed by atoms with van der Waals surface area (Å²) >= 11 is 0. The van der Waals surface area contributed by atoms with Crippen LogP contribution in [0.15, 0.2) is 0 Å². The first kappa shape index (κ1) is 14.8. The first-order valence-corrected chi connectivity index (χ1v) is 4.72. The summed E-state index contributed by atoms with van der Waals surface area (Å²) in [5.74, 6) is -3.74. The molecule has 0 unspecified atom stereocenters. The molecule has 17 heavy (non-hydrogen) atoms. The molecule has 0 spiro atoms. The van der Waals surface area contributed by atoms with Crippen molar-refractivity contribution in [1.82, 2.24) is 10.2 Å². The third-order valence-corrected chi connectivity index (χ3v) is 1.60. The maximum atomic E-state index is 11.5. The maximum absolute atomic E-state index is 11.5. The molecule has 0 radical (unpaired) electrons. The number of amides is 4. The van der Waals surface area contributed by atoms with Crippen molar-refractivity contribution in [1.29, 1.82) is 0 Å². The van der Waals surface area contributed by atoms with Crippen LogP contribution in [0.4, 0.5) is 0 Å². The van der Waals surface area contributed by atoms with Crippen LogP contribution in [-0.4, -0.2) is 54.7 Å². The van der Waals surface area contributed by atoms with Gasteiger partial charge < -0.3 is 27.4 Å². The highest BCUT2D eigenvalue weighted by atomic mass is 16.2. The second-order valence-corrected chi connectivity index (χ2v) is 3.14. The molecule has 0 aromatic heterocycles. The molecule has 4 amide bonds. The average molecular weight is 245 g/mol. The van der Waals surface area contributed by atoms with Crippen molar-refractivity contribution < 1.29 is 19.2 Å². The Hall–Kier alpha value is -2.16. The van der Waals surface area contributed by atoms with E-state index in [2.05, 4.69) is 5.32 Å². The Bertz CT molecular complexity index is 314. The van der Waals surface area contributed by atoms with Crippen LogP contribution in [0.5, 0.6) is 0 Å². The smallest absolute Gasteiger partial charge is 0.312 e. The maximum Gasteiger partial charge on any atom is 0.312 e. The SMILES string of the molecule is NCCNC(=O)C(=O)N(CC(N)=O)CC(N)=O. The summed E-state index contributed by atoms with van der Waals surface area (Å²) in [7, 11) is 0. The number of nitrogens with zero attached hydrogens (tertiary/aromatic N) is 1. The first-order valence-electron chi connectivity index (χ1n) is 4.72. The predicted octanol–water partition coefficient (Wildman–Crippen LogP) is -4.14. The van der Waals surface area contributed by atoms with Gasteiger partial charge in [-0.05, 0) is 0 Å². The monoisotopic (exact) mass is 245 g/mol. The fourth-order valence-electron chi connectivity index (χ4n) is 0.981. The number of nitrogens with one attached hydrogen (secondary N) is 1. The summed E-state index contributed by atoms with van der Waals surface area (Å²) < 4.78 is 0. The van der Waals surface area contributed by atoms with Crippen LogP contribution >= 0.6 is 0 Å². The Morgan fingerprint density at radius 3 is 1.82 bits per heavy atom. The van der Waals surface area contributed by atoms with Crippen molar-refractivity contribution in [3.05, 3.63) is 0 Å². The summed E-state index contributed by atoms with van der Waals surface area (Å²) in [5, 5.41) is 2.20. The van der Waals surface area contributed by atoms with E-state index < -0.39 is 36.7 Å². The summed E-state index contributed by atoms with van der Waals surface area (Å²) in [4.78, 5) is 44.7. The number of rotatable bonds is 6. The van der Waals surface area contributed by atoms with Gasteiger partial charge in [0.25, 0.3) is 0 Å². The van der Waals surface area contributed by atoms with Gasteiger partial charge in [0.05, 0.1) is 0 Å². The van der Waals surface area contributed by atoms with Crippen molar-refractivity contribution in [3.8, 4) is 0 Å². The van der Waals surface area contributed by atoms with Crippen LogP contribution in [0.25, 0.3) is 0 Å². The molecule has 0 fully saturated rings. The van der Waals surface area contributed by atoms with E-state index in [4.69, 9.17) is 17.2 Å². The van der Waals surface area contributed by atoms with Crippen molar-refractivity contribution >= 4 is 23.6 Å². The van der Waals surface area contributed by atoms with Gasteiger partial charge in [0.2, 0.25) is 11.8 Å². The number of nitrogens with two attached hydrogens (primary N) is 3. The Balaban J connectivity index is 4.55. The molecule has 0 rings (SSSR count). The zero-order chi connectivity index (χ0) is 13.4. The van der Waals surface area contributed by atoms with Gasteiger partial charge >= 0.3 is 11.8 Å². The highest BCUT2D eigenvalue weighted by Gasteiger charge is 2.23. The Morgan fingerprint density at radius 1 is 1.00 bits per heavy atom. The van der Waals surface area contributed by atoms with Crippen LogP contribution in [0.2, 0.25) is 0 Å². The van der Waals surface area contributed by atoms with Crippen LogP contribution in [0, 0.1) is 0 Å². The minimum Gasteiger partial charge on any atom is -0.368 e. The predicted molar refractivity (Wildman–Crippen MR) is 57.0 cm³/mol. The molecule has 96 valence electrons. The molecule has 0 aromatic rings. The topological polar surface area (TPSA) is 162 Å². The minimum absolute atomic E-state index is 0.103. The lowest BCUT2D eigenvalue weighted by Gasteiger charge is -2.18. The van der Waals surface area contributed by atoms with E-state index in [1.54, 1.807) is 0 Å². The molecule has 0 saturated carbocycles. The molecule has 0 aliphatic rings. The van der Waals surface area contributed by atoms with E-state index in [1.165, 1.54) is 0 Å². The van der Waals surface area contributed by atoms with Gasteiger partial charge in [-0.3, -0.25) is 19.2 Å². The molecular weight excluding hydrogens is 230 g/mol. The zero-order valence-corrected chi connectivity index (χ0v) is 9.14. The van der Waals surface area contributed by atoms with Gasteiger partial charge in [-0.15, -0.1) is 0 Å². The number of carbonyl (C=O) groups excluding carboxylic acids is 4. The van der Waals surface area contributed by atoms with Gasteiger partial charge in [-0.1, -0.05) is 0 Å². The molecule has 0 aromatic carbocycles. The highest BCUT2D eigenvalue weighted by Crippen LogP contribution is 1.89. The average Bonchev–Trinajstić information content (AvgIpc) is 2.22. The summed E-state index contributed by atoms with van der Waals surface area (Å²) in [6.45, 7) is -0.855. The van der Waals surface area contributed by atoms with Gasteiger partial charge in [0, 0.05) is 13.1 Å². The van der Waals surface area contributed by atoms with Crippen LogP contribution in [-0.2, 0) is 19.2 Å². The molecule has 0 saturated heterocycles. The lowest BCUT2D eigenvalue weighted by Crippen LogP contribution is -2.49. The number of hydrogen-bond acceptors (Lipinski definition) is 5. The number of primary amides is 2. The Labute approximate surface area is 97.3 Å². The molecule has 9 heteroatoms. The third-order valence-electron chi connectivity index (χ3n) is 1.60. The van der Waals surface area contributed by atoms with E-state index in [1.807, 2.05) is 0 Å². The first-order chi connectivity index (χ1) is 7.88. The fourth-order valence-corrected chi connectivity index (χ4v) is 0.981. The third kappa shape index (κ3) is 6.10. The summed E-state index contributed by atoms with van der Waals surface area (Å²) in [6, 6.07) is 0. The number of carbonyl (C=O) groups is 4. The molecule has 0 aliphatic heterocycles. The van der Waals surface area contributed by atoms with E-state index in [-0.39, 0.29) is 13.1 Å². The molecular formula is C8H15N5O4. The second-order valence-electron chi connectivity index (χ2n) is 3.14. The largest absolute Gasteiger partial charge is 0.368 e. The van der Waals surface area contributed by atoms with Crippen molar-refractivity contribution in [2.45, 2.75) is 0 Å². The molecule has 0 aliphatic carbocycles. The molecule has 0 bridgehead atoms. The van der Waals surface area contributed by atoms with Gasteiger partial charge in [-0.25, -0.2) is 0 Å². The van der Waals surface area contributed by atoms with Gasteiger partial charge in [0.1, 0.15) is 13.1 Å². The van der Waals surface area contributed by atoms with Crippen LogP contribution < -0.4 is 22.5 Å². The molecule has 0 heterocycles.